The molecule has 0 aromatic rings. The van der Waals surface area contributed by atoms with Crippen LogP contribution in [0.15, 0.2) is 0 Å². The first-order valence-corrected chi connectivity index (χ1v) is 6.38. The van der Waals surface area contributed by atoms with E-state index in [1.54, 1.807) is 11.8 Å². The number of carbonyl (C=O) groups excluding carboxylic acids is 2. The quantitative estimate of drug-likeness (QED) is 0.643. The minimum absolute atomic E-state index is 0.0369. The Balaban J connectivity index is 4.50. The van der Waals surface area contributed by atoms with Crippen molar-refractivity contribution in [2.75, 3.05) is 19.7 Å². The van der Waals surface area contributed by atoms with Crippen LogP contribution in [0.4, 0.5) is 0 Å². The van der Waals surface area contributed by atoms with Gasteiger partial charge in [-0.05, 0) is 19.3 Å². The average molecular weight is 243 g/mol. The molecule has 4 heteroatoms. The van der Waals surface area contributed by atoms with E-state index in [1.807, 2.05) is 27.7 Å². The van der Waals surface area contributed by atoms with Gasteiger partial charge in [0.1, 0.15) is 6.54 Å². The molecule has 0 spiro atoms. The lowest BCUT2D eigenvalue weighted by molar-refractivity contribution is -0.150. The molecule has 0 aromatic carbocycles. The van der Waals surface area contributed by atoms with E-state index in [4.69, 9.17) is 4.74 Å². The van der Waals surface area contributed by atoms with Gasteiger partial charge in [0.05, 0.1) is 6.61 Å². The van der Waals surface area contributed by atoms with Gasteiger partial charge in [-0.3, -0.25) is 9.59 Å². The van der Waals surface area contributed by atoms with E-state index in [9.17, 15) is 9.59 Å². The number of rotatable bonds is 7. The number of esters is 1. The Morgan fingerprint density at radius 1 is 1.18 bits per heavy atom. The summed E-state index contributed by atoms with van der Waals surface area (Å²) in [5, 5.41) is 0. The van der Waals surface area contributed by atoms with Crippen LogP contribution in [0.3, 0.4) is 0 Å². The molecule has 1 atom stereocenters. The van der Waals surface area contributed by atoms with Crippen molar-refractivity contribution < 1.29 is 14.3 Å². The highest BCUT2D eigenvalue weighted by Gasteiger charge is 2.24. The van der Waals surface area contributed by atoms with Crippen LogP contribution < -0.4 is 0 Å². The molecule has 0 fully saturated rings. The zero-order chi connectivity index (χ0) is 13.4. The molecule has 0 aromatic heterocycles. The number of ether oxygens (including phenoxy) is 1. The fourth-order valence-corrected chi connectivity index (χ4v) is 1.47. The Labute approximate surface area is 104 Å². The number of hydrogen-bond donors (Lipinski definition) is 0. The lowest BCUT2D eigenvalue weighted by Gasteiger charge is -2.26. The normalized spacial score (nSPS) is 12.4. The summed E-state index contributed by atoms with van der Waals surface area (Å²) in [7, 11) is 0. The van der Waals surface area contributed by atoms with Gasteiger partial charge < -0.3 is 9.64 Å². The second-order valence-electron chi connectivity index (χ2n) is 4.60. The third-order valence-electron chi connectivity index (χ3n) is 2.82. The SMILES string of the molecule is CCCN(CC(=O)OCC)C(=O)C(C)C(C)C. The van der Waals surface area contributed by atoms with Crippen molar-refractivity contribution in [2.24, 2.45) is 11.8 Å². The van der Waals surface area contributed by atoms with Gasteiger partial charge in [-0.2, -0.15) is 0 Å². The maximum atomic E-state index is 12.1. The van der Waals surface area contributed by atoms with Gasteiger partial charge in [0.15, 0.2) is 0 Å². The van der Waals surface area contributed by atoms with Crippen LogP contribution in [0.5, 0.6) is 0 Å². The lowest BCUT2D eigenvalue weighted by atomic mass is 9.96. The summed E-state index contributed by atoms with van der Waals surface area (Å²) in [4.78, 5) is 25.1. The average Bonchev–Trinajstić information content (AvgIpc) is 2.26. The lowest BCUT2D eigenvalue weighted by Crippen LogP contribution is -2.41. The van der Waals surface area contributed by atoms with E-state index in [0.717, 1.165) is 6.42 Å². The predicted molar refractivity (Wildman–Crippen MR) is 67.5 cm³/mol. The van der Waals surface area contributed by atoms with Crippen molar-refractivity contribution in [1.82, 2.24) is 4.90 Å². The molecule has 0 N–H and O–H groups in total. The molecular formula is C13H25NO3. The smallest absolute Gasteiger partial charge is 0.325 e. The van der Waals surface area contributed by atoms with E-state index < -0.39 is 0 Å². The van der Waals surface area contributed by atoms with Crippen LogP contribution in [-0.2, 0) is 14.3 Å². The second-order valence-corrected chi connectivity index (χ2v) is 4.60. The van der Waals surface area contributed by atoms with Crippen LogP contribution in [0.1, 0.15) is 41.0 Å². The summed E-state index contributed by atoms with van der Waals surface area (Å²) >= 11 is 0. The van der Waals surface area contributed by atoms with Gasteiger partial charge in [0.2, 0.25) is 5.91 Å². The van der Waals surface area contributed by atoms with E-state index in [0.29, 0.717) is 13.2 Å². The molecule has 17 heavy (non-hydrogen) atoms. The van der Waals surface area contributed by atoms with Crippen LogP contribution in [0.2, 0.25) is 0 Å². The number of hydrogen-bond acceptors (Lipinski definition) is 3. The molecule has 0 heterocycles. The Morgan fingerprint density at radius 2 is 1.76 bits per heavy atom. The largest absolute Gasteiger partial charge is 0.465 e. The highest BCUT2D eigenvalue weighted by Crippen LogP contribution is 2.13. The minimum atomic E-state index is -0.328. The van der Waals surface area contributed by atoms with Gasteiger partial charge in [-0.1, -0.05) is 27.7 Å². The van der Waals surface area contributed by atoms with Gasteiger partial charge in [-0.15, -0.1) is 0 Å². The summed E-state index contributed by atoms with van der Waals surface area (Å²) in [6.45, 7) is 10.7. The first-order chi connectivity index (χ1) is 7.93. The molecule has 100 valence electrons. The van der Waals surface area contributed by atoms with Crippen molar-refractivity contribution in [1.29, 1.82) is 0 Å². The molecule has 0 aliphatic rings. The monoisotopic (exact) mass is 243 g/mol. The highest BCUT2D eigenvalue weighted by atomic mass is 16.5. The molecular weight excluding hydrogens is 218 g/mol. The molecule has 0 saturated heterocycles. The Hall–Kier alpha value is -1.06. The zero-order valence-corrected chi connectivity index (χ0v) is 11.7. The standard InChI is InChI=1S/C13H25NO3/c1-6-8-14(9-12(15)17-7-2)13(16)11(5)10(3)4/h10-11H,6-9H2,1-5H3. The molecule has 1 amide bonds. The van der Waals surface area contributed by atoms with Crippen molar-refractivity contribution in [3.05, 3.63) is 0 Å². The zero-order valence-electron chi connectivity index (χ0n) is 11.7. The molecule has 0 aliphatic carbocycles. The van der Waals surface area contributed by atoms with Gasteiger partial charge in [-0.25, -0.2) is 0 Å². The van der Waals surface area contributed by atoms with Crippen LogP contribution in [-0.4, -0.2) is 36.5 Å². The first-order valence-electron chi connectivity index (χ1n) is 6.38. The second kappa shape index (κ2) is 8.09. The Morgan fingerprint density at radius 3 is 2.18 bits per heavy atom. The summed E-state index contributed by atoms with van der Waals surface area (Å²) in [6.07, 6.45) is 0.843. The van der Waals surface area contributed by atoms with E-state index in [-0.39, 0.29) is 30.3 Å². The fraction of sp³-hybridized carbons (Fsp3) is 0.846. The molecule has 0 saturated carbocycles. The van der Waals surface area contributed by atoms with Gasteiger partial charge in [0, 0.05) is 12.5 Å². The fourth-order valence-electron chi connectivity index (χ4n) is 1.47. The topological polar surface area (TPSA) is 46.6 Å². The molecule has 4 nitrogen and oxygen atoms in total. The highest BCUT2D eigenvalue weighted by molar-refractivity contribution is 5.83. The Bertz CT molecular complexity index is 251. The number of nitrogens with zero attached hydrogens (tertiary/aromatic N) is 1. The summed E-state index contributed by atoms with van der Waals surface area (Å²) in [5.41, 5.74) is 0. The van der Waals surface area contributed by atoms with E-state index >= 15 is 0 Å². The van der Waals surface area contributed by atoms with Gasteiger partial charge >= 0.3 is 5.97 Å². The predicted octanol–water partition coefficient (Wildman–Crippen LogP) is 2.08. The van der Waals surface area contributed by atoms with Crippen molar-refractivity contribution in [3.8, 4) is 0 Å². The third-order valence-corrected chi connectivity index (χ3v) is 2.82. The molecule has 0 aliphatic heterocycles. The number of amides is 1. The van der Waals surface area contributed by atoms with Crippen molar-refractivity contribution in [2.45, 2.75) is 41.0 Å². The van der Waals surface area contributed by atoms with Crippen LogP contribution in [0.25, 0.3) is 0 Å². The molecule has 0 bridgehead atoms. The summed E-state index contributed by atoms with van der Waals surface area (Å²) in [6, 6.07) is 0. The first kappa shape index (κ1) is 15.9. The summed E-state index contributed by atoms with van der Waals surface area (Å²) in [5.74, 6) is -0.0693. The maximum Gasteiger partial charge on any atom is 0.325 e. The van der Waals surface area contributed by atoms with Crippen LogP contribution in [0, 0.1) is 11.8 Å². The Kier molecular flexibility index (Phi) is 7.59. The van der Waals surface area contributed by atoms with E-state index in [1.165, 1.54) is 0 Å². The molecule has 0 rings (SSSR count). The van der Waals surface area contributed by atoms with Gasteiger partial charge in [0.25, 0.3) is 0 Å². The molecule has 1 unspecified atom stereocenters. The number of carbonyl (C=O) groups is 2. The van der Waals surface area contributed by atoms with Crippen molar-refractivity contribution >= 4 is 11.9 Å². The molecule has 0 radical (unpaired) electrons. The van der Waals surface area contributed by atoms with Crippen LogP contribution >= 0.6 is 0 Å². The third kappa shape index (κ3) is 5.71. The minimum Gasteiger partial charge on any atom is -0.465 e. The summed E-state index contributed by atoms with van der Waals surface area (Å²) < 4.78 is 4.88. The van der Waals surface area contributed by atoms with Crippen molar-refractivity contribution in [3.63, 3.8) is 0 Å². The van der Waals surface area contributed by atoms with E-state index in [2.05, 4.69) is 0 Å². The maximum absolute atomic E-state index is 12.1.